The fourth-order valence-corrected chi connectivity index (χ4v) is 2.98. The van der Waals surface area contributed by atoms with E-state index >= 15 is 0 Å². The highest BCUT2D eigenvalue weighted by Crippen LogP contribution is 2.21. The van der Waals surface area contributed by atoms with Gasteiger partial charge in [-0.15, -0.1) is 0 Å². The van der Waals surface area contributed by atoms with Gasteiger partial charge in [0, 0.05) is 29.7 Å². The predicted molar refractivity (Wildman–Crippen MR) is 94.0 cm³/mol. The highest BCUT2D eigenvalue weighted by Gasteiger charge is 2.14. The Morgan fingerprint density at radius 3 is 2.54 bits per heavy atom. The molecule has 0 bridgehead atoms. The number of carbonyl (C=O) groups excluding carboxylic acids is 1. The second-order valence-electron chi connectivity index (χ2n) is 5.63. The van der Waals surface area contributed by atoms with Crippen molar-refractivity contribution in [3.63, 3.8) is 0 Å². The highest BCUT2D eigenvalue weighted by molar-refractivity contribution is 6.31. The van der Waals surface area contributed by atoms with Crippen molar-refractivity contribution in [3.05, 3.63) is 94.5 Å². The standard InChI is InChI=1S/C20H17ClFNO/c21-17-8-4-9-18(22)16(17)11-12-20(24)19-10-5-13-23(19)14-15-6-2-1-3-7-15/h1-10,13H,11-12,14H2. The number of halogens is 2. The number of hydrogen-bond acceptors (Lipinski definition) is 1. The number of Topliss-reactive ketones (excluding diaryl/α,β-unsaturated/α-hetero) is 1. The molecule has 0 aliphatic rings. The Labute approximate surface area is 145 Å². The van der Waals surface area contributed by atoms with Gasteiger partial charge in [0.25, 0.3) is 0 Å². The third kappa shape index (κ3) is 3.74. The minimum atomic E-state index is -0.366. The molecule has 0 saturated heterocycles. The zero-order chi connectivity index (χ0) is 16.9. The van der Waals surface area contributed by atoms with Crippen molar-refractivity contribution in [1.29, 1.82) is 0 Å². The van der Waals surface area contributed by atoms with Crippen LogP contribution in [-0.4, -0.2) is 10.4 Å². The van der Waals surface area contributed by atoms with Crippen molar-refractivity contribution in [2.45, 2.75) is 19.4 Å². The van der Waals surface area contributed by atoms with Crippen LogP contribution in [0.15, 0.2) is 66.9 Å². The molecule has 0 fully saturated rings. The number of ketones is 1. The molecular weight excluding hydrogens is 325 g/mol. The van der Waals surface area contributed by atoms with Gasteiger partial charge in [-0.25, -0.2) is 4.39 Å². The Bertz CT molecular complexity index is 822. The molecular formula is C20H17ClFNO. The molecule has 0 spiro atoms. The molecule has 4 heteroatoms. The summed E-state index contributed by atoms with van der Waals surface area (Å²) in [6.07, 6.45) is 2.40. The fraction of sp³-hybridized carbons (Fsp3) is 0.150. The number of benzene rings is 2. The van der Waals surface area contributed by atoms with Crippen molar-refractivity contribution < 1.29 is 9.18 Å². The zero-order valence-corrected chi connectivity index (χ0v) is 13.8. The minimum Gasteiger partial charge on any atom is -0.341 e. The highest BCUT2D eigenvalue weighted by atomic mass is 35.5. The summed E-state index contributed by atoms with van der Waals surface area (Å²) in [5, 5.41) is 0.363. The summed E-state index contributed by atoms with van der Waals surface area (Å²) in [6, 6.07) is 18.2. The van der Waals surface area contributed by atoms with Gasteiger partial charge in [-0.05, 0) is 36.2 Å². The van der Waals surface area contributed by atoms with E-state index in [4.69, 9.17) is 11.6 Å². The van der Waals surface area contributed by atoms with Crippen molar-refractivity contribution >= 4 is 17.4 Å². The monoisotopic (exact) mass is 341 g/mol. The van der Waals surface area contributed by atoms with Gasteiger partial charge in [0.15, 0.2) is 5.78 Å². The van der Waals surface area contributed by atoms with Gasteiger partial charge in [-0.3, -0.25) is 4.79 Å². The molecule has 0 atom stereocenters. The summed E-state index contributed by atoms with van der Waals surface area (Å²) in [5.74, 6) is -0.384. The second kappa shape index (κ2) is 7.45. The van der Waals surface area contributed by atoms with Crippen LogP contribution in [0.25, 0.3) is 0 Å². The Balaban J connectivity index is 1.71. The average Bonchev–Trinajstić information content (AvgIpc) is 3.03. The maximum atomic E-state index is 13.8. The van der Waals surface area contributed by atoms with E-state index in [9.17, 15) is 9.18 Å². The van der Waals surface area contributed by atoms with Crippen molar-refractivity contribution in [3.8, 4) is 0 Å². The van der Waals surface area contributed by atoms with Gasteiger partial charge in [-0.2, -0.15) is 0 Å². The second-order valence-corrected chi connectivity index (χ2v) is 6.04. The maximum Gasteiger partial charge on any atom is 0.179 e. The van der Waals surface area contributed by atoms with Gasteiger partial charge in [0.05, 0.1) is 5.69 Å². The van der Waals surface area contributed by atoms with Gasteiger partial charge in [0.1, 0.15) is 5.82 Å². The Hall–Kier alpha value is -2.39. The lowest BCUT2D eigenvalue weighted by Gasteiger charge is -2.09. The third-order valence-corrected chi connectivity index (χ3v) is 4.33. The fourth-order valence-electron chi connectivity index (χ4n) is 2.72. The van der Waals surface area contributed by atoms with Crippen molar-refractivity contribution in [1.82, 2.24) is 4.57 Å². The first-order chi connectivity index (χ1) is 11.6. The first kappa shape index (κ1) is 16.5. The van der Waals surface area contributed by atoms with Crippen LogP contribution in [-0.2, 0) is 13.0 Å². The molecule has 1 aromatic heterocycles. The topological polar surface area (TPSA) is 22.0 Å². The maximum absolute atomic E-state index is 13.8. The van der Waals surface area contributed by atoms with Gasteiger partial charge in [0.2, 0.25) is 0 Å². The van der Waals surface area contributed by atoms with Crippen LogP contribution in [0.3, 0.4) is 0 Å². The normalized spacial score (nSPS) is 10.8. The number of nitrogens with zero attached hydrogens (tertiary/aromatic N) is 1. The molecule has 2 aromatic carbocycles. The summed E-state index contributed by atoms with van der Waals surface area (Å²) in [5.41, 5.74) is 2.15. The van der Waals surface area contributed by atoms with Gasteiger partial charge in [-0.1, -0.05) is 48.0 Å². The van der Waals surface area contributed by atoms with E-state index in [1.807, 2.05) is 47.2 Å². The number of hydrogen-bond donors (Lipinski definition) is 0. The molecule has 1 heterocycles. The van der Waals surface area contributed by atoms with E-state index in [1.165, 1.54) is 6.07 Å². The summed E-state index contributed by atoms with van der Waals surface area (Å²) < 4.78 is 15.7. The van der Waals surface area contributed by atoms with Gasteiger partial charge < -0.3 is 4.57 Å². The molecule has 2 nitrogen and oxygen atoms in total. The number of carbonyl (C=O) groups is 1. The molecule has 0 N–H and O–H groups in total. The van der Waals surface area contributed by atoms with Crippen LogP contribution in [0.1, 0.15) is 28.0 Å². The summed E-state index contributed by atoms with van der Waals surface area (Å²) in [7, 11) is 0. The molecule has 0 radical (unpaired) electrons. The molecule has 122 valence electrons. The molecule has 0 saturated carbocycles. The van der Waals surface area contributed by atoms with Crippen LogP contribution in [0.2, 0.25) is 5.02 Å². The zero-order valence-electron chi connectivity index (χ0n) is 13.1. The largest absolute Gasteiger partial charge is 0.341 e. The van der Waals surface area contributed by atoms with Crippen LogP contribution < -0.4 is 0 Å². The SMILES string of the molecule is O=C(CCc1c(F)cccc1Cl)c1cccn1Cc1ccccc1. The predicted octanol–water partition coefficient (Wildman–Crippen LogP) is 5.14. The Kier molecular flexibility index (Phi) is 5.11. The summed E-state index contributed by atoms with van der Waals surface area (Å²) in [6.45, 7) is 0.634. The molecule has 3 aromatic rings. The van der Waals surface area contributed by atoms with Crippen molar-refractivity contribution in [2.75, 3.05) is 0 Å². The van der Waals surface area contributed by atoms with Crippen LogP contribution in [0.5, 0.6) is 0 Å². The van der Waals surface area contributed by atoms with E-state index in [0.29, 0.717) is 29.2 Å². The van der Waals surface area contributed by atoms with E-state index in [1.54, 1.807) is 18.2 Å². The average molecular weight is 342 g/mol. The van der Waals surface area contributed by atoms with Crippen LogP contribution in [0, 0.1) is 5.82 Å². The lowest BCUT2D eigenvalue weighted by atomic mass is 10.1. The molecule has 0 unspecified atom stereocenters. The summed E-state index contributed by atoms with van der Waals surface area (Å²) in [4.78, 5) is 12.5. The molecule has 24 heavy (non-hydrogen) atoms. The van der Waals surface area contributed by atoms with E-state index < -0.39 is 0 Å². The first-order valence-corrected chi connectivity index (χ1v) is 8.18. The van der Waals surface area contributed by atoms with Gasteiger partial charge >= 0.3 is 0 Å². The third-order valence-electron chi connectivity index (χ3n) is 3.97. The molecule has 0 aliphatic carbocycles. The van der Waals surface area contributed by atoms with Crippen LogP contribution in [0.4, 0.5) is 4.39 Å². The lowest BCUT2D eigenvalue weighted by Crippen LogP contribution is -2.10. The quantitative estimate of drug-likeness (QED) is 0.569. The Morgan fingerprint density at radius 2 is 1.79 bits per heavy atom. The van der Waals surface area contributed by atoms with Crippen molar-refractivity contribution in [2.24, 2.45) is 0 Å². The van der Waals surface area contributed by atoms with E-state index in [-0.39, 0.29) is 18.0 Å². The molecule has 3 rings (SSSR count). The smallest absolute Gasteiger partial charge is 0.179 e. The van der Waals surface area contributed by atoms with Crippen LogP contribution >= 0.6 is 11.6 Å². The Morgan fingerprint density at radius 1 is 1.00 bits per heavy atom. The van der Waals surface area contributed by atoms with E-state index in [2.05, 4.69) is 0 Å². The minimum absolute atomic E-state index is 0.0183. The van der Waals surface area contributed by atoms with E-state index in [0.717, 1.165) is 5.56 Å². The first-order valence-electron chi connectivity index (χ1n) is 7.80. The lowest BCUT2D eigenvalue weighted by molar-refractivity contribution is 0.0974. The molecule has 0 aliphatic heterocycles. The number of rotatable bonds is 6. The summed E-state index contributed by atoms with van der Waals surface area (Å²) >= 11 is 6.02. The number of aromatic nitrogens is 1. The molecule has 0 amide bonds.